The molecular weight excluding hydrogens is 378 g/mol. The number of benzene rings is 1. The fraction of sp³-hybridized carbons (Fsp3) is 0.350. The molecule has 0 aliphatic carbocycles. The first-order chi connectivity index (χ1) is 12.8. The summed E-state index contributed by atoms with van der Waals surface area (Å²) in [5.74, 6) is 0.00147. The minimum absolute atomic E-state index is 0.00147. The fourth-order valence-corrected chi connectivity index (χ4v) is 4.97. The van der Waals surface area contributed by atoms with Crippen molar-refractivity contribution in [2.24, 2.45) is 7.05 Å². The number of hydrogen-bond donors (Lipinski definition) is 0. The first-order valence-electron chi connectivity index (χ1n) is 8.85. The molecule has 0 aliphatic rings. The number of thiophene rings is 1. The maximum absolute atomic E-state index is 13.0. The van der Waals surface area contributed by atoms with Crippen molar-refractivity contribution in [3.63, 3.8) is 0 Å². The van der Waals surface area contributed by atoms with Gasteiger partial charge in [0.05, 0.1) is 10.6 Å². The molecule has 0 N–H and O–H groups in total. The van der Waals surface area contributed by atoms with Gasteiger partial charge in [0.1, 0.15) is 4.83 Å². The first-order valence-corrected chi connectivity index (χ1v) is 10.5. The molecule has 0 fully saturated rings. The molecule has 3 aromatic rings. The van der Waals surface area contributed by atoms with Gasteiger partial charge in [-0.1, -0.05) is 30.0 Å². The van der Waals surface area contributed by atoms with Gasteiger partial charge in [0.2, 0.25) is 5.91 Å². The molecule has 5 nitrogen and oxygen atoms in total. The molecule has 0 spiro atoms. The highest BCUT2D eigenvalue weighted by atomic mass is 32.2. The number of nitrogens with zero attached hydrogens (tertiary/aromatic N) is 3. The molecule has 142 valence electrons. The quantitative estimate of drug-likeness (QED) is 0.476. The molecule has 0 aliphatic heterocycles. The first kappa shape index (κ1) is 19.6. The van der Waals surface area contributed by atoms with Crippen LogP contribution in [0.3, 0.4) is 0 Å². The highest BCUT2D eigenvalue weighted by Gasteiger charge is 2.24. The van der Waals surface area contributed by atoms with Gasteiger partial charge < -0.3 is 4.90 Å². The Hall–Kier alpha value is -2.12. The van der Waals surface area contributed by atoms with Crippen molar-refractivity contribution in [2.45, 2.75) is 38.1 Å². The van der Waals surface area contributed by atoms with Crippen molar-refractivity contribution in [3.8, 4) is 0 Å². The van der Waals surface area contributed by atoms with Gasteiger partial charge in [0.15, 0.2) is 5.16 Å². The topological polar surface area (TPSA) is 55.2 Å². The summed E-state index contributed by atoms with van der Waals surface area (Å²) in [4.78, 5) is 34.0. The Morgan fingerprint density at radius 3 is 2.59 bits per heavy atom. The monoisotopic (exact) mass is 401 g/mol. The largest absolute Gasteiger partial charge is 0.312 e. The summed E-state index contributed by atoms with van der Waals surface area (Å²) < 4.78 is 1.55. The standard InChI is InChI=1S/C20H23N3O2S2/c1-6-23(15-10-8-7-9-11-15)18(24)14(4)27-20-21-17-16(19(25)22(20)5)12(2)13(3)26-17/h7-11,14H,6H2,1-5H3. The van der Waals surface area contributed by atoms with Gasteiger partial charge in [-0.2, -0.15) is 0 Å². The Balaban J connectivity index is 1.91. The lowest BCUT2D eigenvalue weighted by atomic mass is 10.2. The summed E-state index contributed by atoms with van der Waals surface area (Å²) in [6.07, 6.45) is 0. The molecule has 7 heteroatoms. The molecule has 1 atom stereocenters. The van der Waals surface area contributed by atoms with Crippen LogP contribution in [0.4, 0.5) is 5.69 Å². The molecule has 0 saturated heterocycles. The van der Waals surface area contributed by atoms with Crippen LogP contribution in [-0.2, 0) is 11.8 Å². The van der Waals surface area contributed by atoms with Crippen LogP contribution in [0.25, 0.3) is 10.2 Å². The van der Waals surface area contributed by atoms with Crippen LogP contribution in [0.5, 0.6) is 0 Å². The van der Waals surface area contributed by atoms with Gasteiger partial charge in [-0.3, -0.25) is 14.2 Å². The highest BCUT2D eigenvalue weighted by molar-refractivity contribution is 8.00. The zero-order valence-corrected chi connectivity index (χ0v) is 17.8. The number of rotatable bonds is 5. The second kappa shape index (κ2) is 7.86. The Bertz CT molecular complexity index is 1040. The van der Waals surface area contributed by atoms with E-state index in [9.17, 15) is 9.59 Å². The number of aromatic nitrogens is 2. The van der Waals surface area contributed by atoms with Gasteiger partial charge in [0, 0.05) is 24.2 Å². The third kappa shape index (κ3) is 3.66. The van der Waals surface area contributed by atoms with Gasteiger partial charge >= 0.3 is 0 Å². The Morgan fingerprint density at radius 2 is 1.96 bits per heavy atom. The normalized spacial score (nSPS) is 12.3. The van der Waals surface area contributed by atoms with E-state index in [1.807, 2.05) is 58.0 Å². The zero-order chi connectivity index (χ0) is 19.7. The van der Waals surface area contributed by atoms with Crippen LogP contribution in [0, 0.1) is 13.8 Å². The van der Waals surface area contributed by atoms with E-state index >= 15 is 0 Å². The van der Waals surface area contributed by atoms with Gasteiger partial charge in [0.25, 0.3) is 5.56 Å². The summed E-state index contributed by atoms with van der Waals surface area (Å²) in [6, 6.07) is 9.62. The SMILES string of the molecule is CCN(C(=O)C(C)Sc1nc2sc(C)c(C)c2c(=O)n1C)c1ccccc1. The Kier molecular flexibility index (Phi) is 5.72. The smallest absolute Gasteiger partial charge is 0.262 e. The summed E-state index contributed by atoms with van der Waals surface area (Å²) in [7, 11) is 1.72. The van der Waals surface area contributed by atoms with E-state index in [4.69, 9.17) is 0 Å². The zero-order valence-electron chi connectivity index (χ0n) is 16.1. The number of fused-ring (bicyclic) bond motifs is 1. The Labute approximate surface area is 167 Å². The molecule has 2 aromatic heterocycles. The third-order valence-corrected chi connectivity index (χ3v) is 6.88. The van der Waals surface area contributed by atoms with Crippen LogP contribution < -0.4 is 10.5 Å². The average Bonchev–Trinajstić information content (AvgIpc) is 2.94. The van der Waals surface area contributed by atoms with Crippen molar-refractivity contribution in [2.75, 3.05) is 11.4 Å². The molecule has 1 unspecified atom stereocenters. The van der Waals surface area contributed by atoms with Crippen molar-refractivity contribution in [1.82, 2.24) is 9.55 Å². The summed E-state index contributed by atoms with van der Waals surface area (Å²) in [6.45, 7) is 8.36. The van der Waals surface area contributed by atoms with Crippen molar-refractivity contribution >= 4 is 44.9 Å². The second-order valence-electron chi connectivity index (χ2n) is 6.40. The van der Waals surface area contributed by atoms with E-state index in [0.29, 0.717) is 17.1 Å². The molecule has 1 amide bonds. The number of aryl methyl sites for hydroxylation is 2. The number of thioether (sulfide) groups is 1. The number of para-hydroxylation sites is 1. The lowest BCUT2D eigenvalue weighted by Crippen LogP contribution is -2.36. The molecule has 27 heavy (non-hydrogen) atoms. The van der Waals surface area contributed by atoms with Crippen molar-refractivity contribution in [3.05, 3.63) is 51.1 Å². The fourth-order valence-electron chi connectivity index (χ4n) is 2.96. The Morgan fingerprint density at radius 1 is 1.30 bits per heavy atom. The van der Waals surface area contributed by atoms with E-state index < -0.39 is 0 Å². The molecular formula is C20H23N3O2S2. The van der Waals surface area contributed by atoms with Crippen molar-refractivity contribution in [1.29, 1.82) is 0 Å². The molecule has 0 saturated carbocycles. The maximum atomic E-state index is 13.0. The maximum Gasteiger partial charge on any atom is 0.262 e. The summed E-state index contributed by atoms with van der Waals surface area (Å²) in [5, 5.41) is 0.893. The van der Waals surface area contributed by atoms with Crippen LogP contribution in [-0.4, -0.2) is 27.3 Å². The highest BCUT2D eigenvalue weighted by Crippen LogP contribution is 2.30. The second-order valence-corrected chi connectivity index (χ2v) is 8.91. The van der Waals surface area contributed by atoms with E-state index in [2.05, 4.69) is 4.98 Å². The number of hydrogen-bond acceptors (Lipinski definition) is 5. The number of amides is 1. The molecule has 0 bridgehead atoms. The molecule has 3 rings (SSSR count). The number of carbonyl (C=O) groups excluding carboxylic acids is 1. The molecule has 2 heterocycles. The van der Waals surface area contributed by atoms with Crippen LogP contribution >= 0.6 is 23.1 Å². The van der Waals surface area contributed by atoms with Gasteiger partial charge in [-0.25, -0.2) is 4.98 Å². The lowest BCUT2D eigenvalue weighted by molar-refractivity contribution is -0.117. The number of anilines is 1. The summed E-state index contributed by atoms with van der Waals surface area (Å²) >= 11 is 2.85. The van der Waals surface area contributed by atoms with Crippen LogP contribution in [0.15, 0.2) is 40.3 Å². The van der Waals surface area contributed by atoms with E-state index in [-0.39, 0.29) is 16.7 Å². The van der Waals surface area contributed by atoms with Gasteiger partial charge in [-0.05, 0) is 45.4 Å². The number of carbonyl (C=O) groups is 1. The van der Waals surface area contributed by atoms with Gasteiger partial charge in [-0.15, -0.1) is 11.3 Å². The minimum atomic E-state index is -0.358. The van der Waals surface area contributed by atoms with E-state index in [1.54, 1.807) is 16.5 Å². The average molecular weight is 402 g/mol. The predicted octanol–water partition coefficient (Wildman–Crippen LogP) is 4.15. The van der Waals surface area contributed by atoms with E-state index in [0.717, 1.165) is 21.0 Å². The van der Waals surface area contributed by atoms with E-state index in [1.165, 1.54) is 23.1 Å². The minimum Gasteiger partial charge on any atom is -0.312 e. The predicted molar refractivity (Wildman–Crippen MR) is 114 cm³/mol. The third-order valence-electron chi connectivity index (χ3n) is 4.65. The summed E-state index contributed by atoms with van der Waals surface area (Å²) in [5.41, 5.74) is 1.81. The molecule has 1 aromatic carbocycles. The van der Waals surface area contributed by atoms with Crippen LogP contribution in [0.2, 0.25) is 0 Å². The lowest BCUT2D eigenvalue weighted by Gasteiger charge is -2.24. The molecule has 0 radical (unpaired) electrons. The van der Waals surface area contributed by atoms with Crippen molar-refractivity contribution < 1.29 is 4.79 Å². The van der Waals surface area contributed by atoms with Crippen LogP contribution in [0.1, 0.15) is 24.3 Å².